The van der Waals surface area contributed by atoms with Crippen molar-refractivity contribution in [3.8, 4) is 28.6 Å². The molecule has 0 radical (unpaired) electrons. The van der Waals surface area contributed by atoms with Crippen LogP contribution in [0.2, 0.25) is 0 Å². The highest BCUT2D eigenvalue weighted by molar-refractivity contribution is 14.1. The van der Waals surface area contributed by atoms with E-state index in [0.29, 0.717) is 31.9 Å². The molecular formula is C42H47IN6O11S2. The molecule has 1 aliphatic rings. The smallest absolute Gasteiger partial charge is 0.411 e. The molecule has 1 aliphatic heterocycles. The Kier molecular flexibility index (Phi) is 14.1. The molecule has 0 bridgehead atoms. The second kappa shape index (κ2) is 19.0. The van der Waals surface area contributed by atoms with E-state index < -0.39 is 71.6 Å². The predicted octanol–water partition coefficient (Wildman–Crippen LogP) is 5.73. The molecule has 1 aromatic heterocycles. The minimum Gasteiger partial charge on any atom is -0.497 e. The van der Waals surface area contributed by atoms with Crippen molar-refractivity contribution >= 4 is 54.5 Å². The number of halogens is 1. The van der Waals surface area contributed by atoms with Crippen LogP contribution in [-0.2, 0) is 53.8 Å². The summed E-state index contributed by atoms with van der Waals surface area (Å²) in [7, 11) is -3.87. The van der Waals surface area contributed by atoms with Gasteiger partial charge in [0.2, 0.25) is 15.8 Å². The summed E-state index contributed by atoms with van der Waals surface area (Å²) >= 11 is 1.92. The summed E-state index contributed by atoms with van der Waals surface area (Å²) in [6.07, 6.45) is -1.32. The van der Waals surface area contributed by atoms with Crippen LogP contribution in [0.15, 0.2) is 94.7 Å². The van der Waals surface area contributed by atoms with E-state index in [0.717, 1.165) is 17.6 Å². The summed E-state index contributed by atoms with van der Waals surface area (Å²) in [5.41, 5.74) is 0.861. The Morgan fingerprint density at radius 3 is 1.77 bits per heavy atom. The molecule has 17 nitrogen and oxygen atoms in total. The number of sulfonamides is 1. The number of carbonyl (C=O) groups excluding carboxylic acids is 2. The molecular weight excluding hydrogens is 956 g/mol. The van der Waals surface area contributed by atoms with Crippen LogP contribution in [0.5, 0.6) is 17.2 Å². The van der Waals surface area contributed by atoms with Gasteiger partial charge in [-0.25, -0.2) is 26.4 Å². The number of benzene rings is 4. The maximum absolute atomic E-state index is 15.7. The number of hydrogen-bond acceptors (Lipinski definition) is 14. The van der Waals surface area contributed by atoms with Crippen LogP contribution in [0.3, 0.4) is 0 Å². The van der Waals surface area contributed by atoms with Gasteiger partial charge in [0, 0.05) is 23.2 Å². The molecule has 2 unspecified atom stereocenters. The van der Waals surface area contributed by atoms with E-state index in [1.165, 1.54) is 35.5 Å². The highest BCUT2D eigenvalue weighted by atomic mass is 127. The Morgan fingerprint density at radius 1 is 0.774 bits per heavy atom. The van der Waals surface area contributed by atoms with Gasteiger partial charge >= 0.3 is 12.1 Å². The van der Waals surface area contributed by atoms with Crippen molar-refractivity contribution in [1.82, 2.24) is 29.4 Å². The van der Waals surface area contributed by atoms with Crippen molar-refractivity contribution in [2.24, 2.45) is 0 Å². The van der Waals surface area contributed by atoms with Crippen molar-refractivity contribution < 1.29 is 50.1 Å². The number of likely N-dealkylation sites (tertiary alicyclic amines) is 1. The van der Waals surface area contributed by atoms with Crippen molar-refractivity contribution in [1.29, 1.82) is 0 Å². The van der Waals surface area contributed by atoms with Crippen LogP contribution in [0, 0.1) is 3.57 Å². The maximum atomic E-state index is 15.7. The first kappa shape index (κ1) is 46.2. The van der Waals surface area contributed by atoms with Crippen LogP contribution in [-0.4, -0.2) is 110 Å². The first-order valence-electron chi connectivity index (χ1n) is 19.2. The quantitative estimate of drug-likeness (QED) is 0.0910. The zero-order chi connectivity index (χ0) is 45.0. The summed E-state index contributed by atoms with van der Waals surface area (Å²) in [5.74, 6) is 0.746. The van der Waals surface area contributed by atoms with Gasteiger partial charge in [-0.3, -0.25) is 4.90 Å². The van der Waals surface area contributed by atoms with Crippen molar-refractivity contribution in [3.63, 3.8) is 0 Å². The number of esters is 1. The lowest BCUT2D eigenvalue weighted by Gasteiger charge is -2.27. The van der Waals surface area contributed by atoms with Crippen LogP contribution in [0.4, 0.5) is 4.79 Å². The lowest BCUT2D eigenvalue weighted by atomic mass is 10.2. The number of rotatable bonds is 15. The first-order valence-corrected chi connectivity index (χ1v) is 23.3. The zero-order valence-corrected chi connectivity index (χ0v) is 38.9. The van der Waals surface area contributed by atoms with Gasteiger partial charge in [0.15, 0.2) is 9.84 Å². The number of nitrogens with zero attached hydrogens (tertiary/aromatic N) is 6. The normalized spacial score (nSPS) is 15.7. The average molecular weight is 1000 g/mol. The van der Waals surface area contributed by atoms with Crippen LogP contribution in [0.1, 0.15) is 43.9 Å². The van der Waals surface area contributed by atoms with Crippen molar-refractivity contribution in [3.05, 3.63) is 105 Å². The number of methoxy groups -OCH3 is 4. The van der Waals surface area contributed by atoms with Gasteiger partial charge in [-0.05, 0) is 120 Å². The second-order valence-electron chi connectivity index (χ2n) is 15.3. The fraction of sp³-hybridized carbons (Fsp3) is 0.357. The molecule has 2 heterocycles. The van der Waals surface area contributed by atoms with Gasteiger partial charge in [-0.1, -0.05) is 36.4 Å². The molecule has 0 spiro atoms. The highest BCUT2D eigenvalue weighted by Crippen LogP contribution is 2.41. The van der Waals surface area contributed by atoms with Crippen LogP contribution >= 0.6 is 22.6 Å². The topological polar surface area (TPSA) is 199 Å². The molecule has 4 aromatic carbocycles. The minimum atomic E-state index is -4.86. The summed E-state index contributed by atoms with van der Waals surface area (Å²) in [6, 6.07) is 22.1. The van der Waals surface area contributed by atoms with E-state index in [2.05, 4.69) is 15.4 Å². The molecule has 5 aromatic rings. The van der Waals surface area contributed by atoms with E-state index in [-0.39, 0.29) is 31.0 Å². The van der Waals surface area contributed by atoms with Gasteiger partial charge in [0.25, 0.3) is 0 Å². The van der Waals surface area contributed by atoms with Crippen LogP contribution in [0.25, 0.3) is 11.4 Å². The Hall–Kier alpha value is -5.32. The van der Waals surface area contributed by atoms with Gasteiger partial charge in [0.1, 0.15) is 33.8 Å². The summed E-state index contributed by atoms with van der Waals surface area (Å²) in [5, 5.41) is 11.6. The number of carbonyl (C=O) groups is 2. The average Bonchev–Trinajstić information content (AvgIpc) is 3.92. The maximum Gasteiger partial charge on any atom is 0.411 e. The Bertz CT molecular complexity index is 2570. The lowest BCUT2D eigenvalue weighted by Crippen LogP contribution is -2.44. The molecule has 1 saturated heterocycles. The van der Waals surface area contributed by atoms with E-state index in [9.17, 15) is 9.59 Å². The third-order valence-corrected chi connectivity index (χ3v) is 15.1. The first-order chi connectivity index (χ1) is 29.4. The highest BCUT2D eigenvalue weighted by Gasteiger charge is 2.49. The lowest BCUT2D eigenvalue weighted by molar-refractivity contribution is -0.145. The molecule has 6 rings (SSSR count). The number of sulfone groups is 1. The third-order valence-electron chi connectivity index (χ3n) is 9.97. The number of amides is 1. The van der Waals surface area contributed by atoms with Crippen molar-refractivity contribution in [2.75, 3.05) is 35.0 Å². The number of ether oxygens (including phenoxy) is 5. The zero-order valence-electron chi connectivity index (χ0n) is 35.1. The Labute approximate surface area is 374 Å². The Balaban J connectivity index is 1.53. The van der Waals surface area contributed by atoms with Gasteiger partial charge in [-0.15, -0.1) is 10.2 Å². The van der Waals surface area contributed by atoms with E-state index >= 15 is 16.8 Å². The molecule has 1 fully saturated rings. The molecule has 330 valence electrons. The molecule has 62 heavy (non-hydrogen) atoms. The largest absolute Gasteiger partial charge is 0.497 e. The van der Waals surface area contributed by atoms with Crippen molar-refractivity contribution in [2.45, 2.75) is 73.5 Å². The SMILES string of the molecule is COC(=O)C1CC(S(=O)(=O)c2ccc(I)c(-c3nnn(Cc4ccc(OC)cc4)n3)c2S(=O)(=O)N(Cc2ccc(OC)cc2)Cc2ccc(OC)cc2)CN1C(=O)OC(C)(C)C. The Morgan fingerprint density at radius 2 is 1.29 bits per heavy atom. The van der Waals surface area contributed by atoms with E-state index in [1.54, 1.807) is 88.5 Å². The summed E-state index contributed by atoms with van der Waals surface area (Å²) in [4.78, 5) is 27.6. The molecule has 0 aliphatic carbocycles. The minimum absolute atomic E-state index is 0.103. The van der Waals surface area contributed by atoms with Gasteiger partial charge in [0.05, 0.1) is 50.7 Å². The van der Waals surface area contributed by atoms with E-state index in [1.807, 2.05) is 34.7 Å². The molecule has 0 N–H and O–H groups in total. The monoisotopic (exact) mass is 1000 g/mol. The second-order valence-corrected chi connectivity index (χ2v) is 20.5. The number of hydrogen-bond donors (Lipinski definition) is 0. The third kappa shape index (κ3) is 10.3. The molecule has 20 heteroatoms. The van der Waals surface area contributed by atoms with Crippen LogP contribution < -0.4 is 14.2 Å². The summed E-state index contributed by atoms with van der Waals surface area (Å²) < 4.78 is 89.6. The number of aromatic nitrogens is 4. The molecule has 0 saturated carbocycles. The fourth-order valence-corrected chi connectivity index (χ4v) is 11.8. The molecule has 1 amide bonds. The standard InChI is InChI=1S/C42H47IN6O11S2/c1-42(2,3)60-41(51)48-26-33(22-35(48)40(50)59-7)61(52,53)36-21-20-34(43)37(39-44-46-49(45-39)25-29-12-18-32(58-6)19-13-29)38(36)62(54,55)47(23-27-8-14-30(56-4)15-9-27)24-28-10-16-31(57-5)17-11-28/h8-21,33,35H,22-26H2,1-7H3. The molecule has 2 atom stereocenters. The predicted molar refractivity (Wildman–Crippen MR) is 235 cm³/mol. The number of tetrazole rings is 1. The van der Waals surface area contributed by atoms with Gasteiger partial charge < -0.3 is 23.7 Å². The van der Waals surface area contributed by atoms with Gasteiger partial charge in [-0.2, -0.15) is 9.10 Å². The fourth-order valence-electron chi connectivity index (χ4n) is 6.84. The van der Waals surface area contributed by atoms with E-state index in [4.69, 9.17) is 23.7 Å². The summed E-state index contributed by atoms with van der Waals surface area (Å²) in [6.45, 7) is 4.18.